The van der Waals surface area contributed by atoms with Crippen molar-refractivity contribution in [2.45, 2.75) is 45.6 Å². The van der Waals surface area contributed by atoms with Crippen molar-refractivity contribution in [3.63, 3.8) is 0 Å². The van der Waals surface area contributed by atoms with Gasteiger partial charge in [-0.25, -0.2) is 12.8 Å². The second kappa shape index (κ2) is 7.36. The standard InChI is InChI=1S/C16H26FNO2S/c1-5-21(19,20)10-9-14(12-18-16(2,3)4)13-7-6-8-15(17)11-13/h6-8,11,14,18H,5,9-10,12H2,1-4H3. The van der Waals surface area contributed by atoms with E-state index in [0.29, 0.717) is 13.0 Å². The fourth-order valence-corrected chi connectivity index (χ4v) is 2.97. The molecule has 1 rings (SSSR count). The summed E-state index contributed by atoms with van der Waals surface area (Å²) in [7, 11) is -3.01. The van der Waals surface area contributed by atoms with Crippen LogP contribution in [0.1, 0.15) is 45.6 Å². The summed E-state index contributed by atoms with van der Waals surface area (Å²) < 4.78 is 36.8. The highest BCUT2D eigenvalue weighted by atomic mass is 32.2. The molecule has 0 radical (unpaired) electrons. The highest BCUT2D eigenvalue weighted by Crippen LogP contribution is 2.21. The molecule has 3 nitrogen and oxygen atoms in total. The molecule has 0 bridgehead atoms. The second-order valence-electron chi connectivity index (χ2n) is 6.41. The first-order valence-corrected chi connectivity index (χ1v) is 9.16. The minimum Gasteiger partial charge on any atom is -0.311 e. The molecule has 1 aromatic carbocycles. The Morgan fingerprint density at radius 2 is 1.95 bits per heavy atom. The molecular weight excluding hydrogens is 289 g/mol. The van der Waals surface area contributed by atoms with Crippen molar-refractivity contribution in [3.8, 4) is 0 Å². The van der Waals surface area contributed by atoms with E-state index in [-0.39, 0.29) is 28.8 Å². The number of halogens is 1. The molecule has 1 unspecified atom stereocenters. The van der Waals surface area contributed by atoms with Gasteiger partial charge in [-0.1, -0.05) is 19.1 Å². The van der Waals surface area contributed by atoms with E-state index in [2.05, 4.69) is 26.1 Å². The Labute approximate surface area is 127 Å². The Hall–Kier alpha value is -0.940. The van der Waals surface area contributed by atoms with Crippen molar-refractivity contribution in [1.82, 2.24) is 5.32 Å². The van der Waals surface area contributed by atoms with Gasteiger partial charge < -0.3 is 5.32 Å². The molecule has 1 atom stereocenters. The van der Waals surface area contributed by atoms with Gasteiger partial charge in [0.15, 0.2) is 0 Å². The summed E-state index contributed by atoms with van der Waals surface area (Å²) in [6.45, 7) is 8.45. The van der Waals surface area contributed by atoms with Crippen molar-refractivity contribution >= 4 is 9.84 Å². The Balaban J connectivity index is 2.84. The van der Waals surface area contributed by atoms with Gasteiger partial charge in [0.25, 0.3) is 0 Å². The average molecular weight is 315 g/mol. The molecule has 0 spiro atoms. The predicted molar refractivity (Wildman–Crippen MR) is 85.8 cm³/mol. The summed E-state index contributed by atoms with van der Waals surface area (Å²) in [6.07, 6.45) is 0.503. The molecule has 120 valence electrons. The van der Waals surface area contributed by atoms with E-state index in [9.17, 15) is 12.8 Å². The predicted octanol–water partition coefficient (Wildman–Crippen LogP) is 3.12. The molecule has 5 heteroatoms. The molecule has 1 N–H and O–H groups in total. The topological polar surface area (TPSA) is 46.2 Å². The normalized spacial score (nSPS) is 14.1. The van der Waals surface area contributed by atoms with E-state index >= 15 is 0 Å². The van der Waals surface area contributed by atoms with E-state index in [1.165, 1.54) is 12.1 Å². The maximum absolute atomic E-state index is 13.4. The van der Waals surface area contributed by atoms with Gasteiger partial charge >= 0.3 is 0 Å². The SMILES string of the molecule is CCS(=O)(=O)CCC(CNC(C)(C)C)c1cccc(F)c1. The van der Waals surface area contributed by atoms with E-state index in [0.717, 1.165) is 5.56 Å². The zero-order valence-corrected chi connectivity index (χ0v) is 14.1. The second-order valence-corrected chi connectivity index (χ2v) is 8.88. The Kier molecular flexibility index (Phi) is 6.35. The number of sulfone groups is 1. The minimum atomic E-state index is -3.01. The minimum absolute atomic E-state index is 0.0127. The van der Waals surface area contributed by atoms with Crippen LogP contribution in [0, 0.1) is 5.82 Å². The summed E-state index contributed by atoms with van der Waals surface area (Å²) in [6, 6.07) is 6.42. The fourth-order valence-electron chi connectivity index (χ4n) is 2.04. The van der Waals surface area contributed by atoms with Crippen LogP contribution < -0.4 is 5.32 Å². The van der Waals surface area contributed by atoms with Crippen LogP contribution in [-0.2, 0) is 9.84 Å². The van der Waals surface area contributed by atoms with Gasteiger partial charge in [0.2, 0.25) is 0 Å². The quantitative estimate of drug-likeness (QED) is 0.841. The highest BCUT2D eigenvalue weighted by Gasteiger charge is 2.19. The smallest absolute Gasteiger partial charge is 0.150 e. The van der Waals surface area contributed by atoms with Crippen LogP contribution in [0.25, 0.3) is 0 Å². The van der Waals surface area contributed by atoms with Crippen molar-refractivity contribution < 1.29 is 12.8 Å². The van der Waals surface area contributed by atoms with E-state index < -0.39 is 9.84 Å². The van der Waals surface area contributed by atoms with Crippen LogP contribution in [-0.4, -0.2) is 32.0 Å². The number of hydrogen-bond acceptors (Lipinski definition) is 3. The van der Waals surface area contributed by atoms with E-state index in [4.69, 9.17) is 0 Å². The summed E-state index contributed by atoms with van der Waals surface area (Å²) in [5.74, 6) is -0.0145. The van der Waals surface area contributed by atoms with Gasteiger partial charge in [-0.05, 0) is 50.8 Å². The van der Waals surface area contributed by atoms with Gasteiger partial charge in [0.1, 0.15) is 15.7 Å². The van der Waals surface area contributed by atoms with Crippen molar-refractivity contribution in [2.75, 3.05) is 18.1 Å². The summed E-state index contributed by atoms with van der Waals surface area (Å²) in [5.41, 5.74) is 0.785. The lowest BCUT2D eigenvalue weighted by Gasteiger charge is -2.25. The van der Waals surface area contributed by atoms with Crippen molar-refractivity contribution in [1.29, 1.82) is 0 Å². The first-order valence-electron chi connectivity index (χ1n) is 7.34. The number of nitrogens with one attached hydrogen (secondary N) is 1. The average Bonchev–Trinajstić information content (AvgIpc) is 2.37. The summed E-state index contributed by atoms with van der Waals surface area (Å²) in [4.78, 5) is 0. The van der Waals surface area contributed by atoms with Crippen LogP contribution in [0.3, 0.4) is 0 Å². The zero-order valence-electron chi connectivity index (χ0n) is 13.3. The number of rotatable bonds is 7. The number of hydrogen-bond donors (Lipinski definition) is 1. The highest BCUT2D eigenvalue weighted by molar-refractivity contribution is 7.91. The Morgan fingerprint density at radius 3 is 2.48 bits per heavy atom. The first kappa shape index (κ1) is 18.1. The van der Waals surface area contributed by atoms with Crippen LogP contribution in [0.15, 0.2) is 24.3 Å². The molecule has 0 amide bonds. The Morgan fingerprint density at radius 1 is 1.29 bits per heavy atom. The molecular formula is C16H26FNO2S. The zero-order chi connectivity index (χ0) is 16.1. The van der Waals surface area contributed by atoms with Gasteiger partial charge in [0, 0.05) is 17.8 Å². The molecule has 0 aliphatic heterocycles. The molecule has 0 aliphatic carbocycles. The molecule has 1 aromatic rings. The van der Waals surface area contributed by atoms with E-state index in [1.807, 2.05) is 6.07 Å². The van der Waals surface area contributed by atoms with Crippen LogP contribution in [0.2, 0.25) is 0 Å². The van der Waals surface area contributed by atoms with Gasteiger partial charge in [-0.3, -0.25) is 0 Å². The monoisotopic (exact) mass is 315 g/mol. The molecule has 0 heterocycles. The molecule has 0 saturated heterocycles. The van der Waals surface area contributed by atoms with Gasteiger partial charge in [-0.15, -0.1) is 0 Å². The largest absolute Gasteiger partial charge is 0.311 e. The van der Waals surface area contributed by atoms with Gasteiger partial charge in [-0.2, -0.15) is 0 Å². The molecule has 0 aliphatic rings. The van der Waals surface area contributed by atoms with E-state index in [1.54, 1.807) is 13.0 Å². The molecule has 0 saturated carbocycles. The lowest BCUT2D eigenvalue weighted by molar-refractivity contribution is 0.402. The summed E-state index contributed by atoms with van der Waals surface area (Å²) in [5, 5.41) is 3.38. The molecule has 21 heavy (non-hydrogen) atoms. The lowest BCUT2D eigenvalue weighted by atomic mass is 9.95. The first-order chi connectivity index (χ1) is 9.63. The lowest BCUT2D eigenvalue weighted by Crippen LogP contribution is -2.39. The Bertz CT molecular complexity index is 550. The summed E-state index contributed by atoms with van der Waals surface area (Å²) >= 11 is 0. The third-order valence-corrected chi connectivity index (χ3v) is 5.15. The fraction of sp³-hybridized carbons (Fsp3) is 0.625. The third kappa shape index (κ3) is 7.05. The molecule has 0 aromatic heterocycles. The van der Waals surface area contributed by atoms with Crippen LogP contribution in [0.4, 0.5) is 4.39 Å². The third-order valence-electron chi connectivity index (χ3n) is 3.42. The maximum atomic E-state index is 13.4. The van der Waals surface area contributed by atoms with Crippen LogP contribution in [0.5, 0.6) is 0 Å². The maximum Gasteiger partial charge on any atom is 0.150 e. The van der Waals surface area contributed by atoms with Crippen molar-refractivity contribution in [3.05, 3.63) is 35.6 Å². The number of benzene rings is 1. The van der Waals surface area contributed by atoms with Crippen molar-refractivity contribution in [2.24, 2.45) is 0 Å². The van der Waals surface area contributed by atoms with Gasteiger partial charge in [0.05, 0.1) is 5.75 Å². The molecule has 0 fully saturated rings. The van der Waals surface area contributed by atoms with Crippen LogP contribution >= 0.6 is 0 Å².